The molecule has 12 rings (SSSR count). The average Bonchev–Trinajstić information content (AvgIpc) is 3.96. The monoisotopic (exact) mass is 915 g/mol. The minimum Gasteiger partial charge on any atom is -0.308 e. The summed E-state index contributed by atoms with van der Waals surface area (Å²) in [6.07, 6.45) is 0. The predicted molar refractivity (Wildman–Crippen MR) is 285 cm³/mol. The zero-order valence-corrected chi connectivity index (χ0v) is 38.1. The Bertz CT molecular complexity index is 4180. The SMILES string of the molecule is [C-]#[N+]c1ccc(-c2ccc3c(c2)c2ccccc2n3-c2cc(-c3nc(-c4ccccc4)cc(-c4ccccc4)n3)cc(-n3c4ccccc4c4cc(-c5ccc(C#N)cc5[N+]#[C-])ccc43)c2C#N)c(C#N)c1. The Hall–Kier alpha value is -10.9. The lowest BCUT2D eigenvalue weighted by atomic mass is 9.98. The van der Waals surface area contributed by atoms with E-state index in [0.29, 0.717) is 62.0 Å². The molecule has 3 heterocycles. The number of rotatable bonds is 7. The standard InChI is InChI=1S/C63H33N9/c1-67-46-24-26-47(45(30-46)37-65)42-22-27-59-51(31-42)49-17-9-11-19-57(49)71(59)61-33-44(63-69-54(40-13-5-3-6-14-40)35-55(70-63)41-15-7-4-8-16-41)34-62(53(61)38-66)72-58-20-12-10-18-50(58)52-32-43(23-28-60(52)72)48-25-21-39(36-64)29-56(48)68-2/h3-35H. The van der Waals surface area contributed by atoms with Crippen LogP contribution < -0.4 is 0 Å². The van der Waals surface area contributed by atoms with Gasteiger partial charge in [-0.15, -0.1) is 0 Å². The van der Waals surface area contributed by atoms with E-state index in [1.165, 1.54) is 0 Å². The number of hydrogen-bond acceptors (Lipinski definition) is 5. The summed E-state index contributed by atoms with van der Waals surface area (Å²) in [5, 5.41) is 35.3. The van der Waals surface area contributed by atoms with Crippen LogP contribution in [0.5, 0.6) is 0 Å². The summed E-state index contributed by atoms with van der Waals surface area (Å²) in [5.41, 5.74) is 13.7. The van der Waals surface area contributed by atoms with E-state index < -0.39 is 0 Å². The molecule has 0 fully saturated rings. The third-order valence-corrected chi connectivity index (χ3v) is 13.3. The number of nitrogens with zero attached hydrogens (tertiary/aromatic N) is 9. The van der Waals surface area contributed by atoms with Gasteiger partial charge in [-0.05, 0) is 95.1 Å². The molecule has 9 aromatic carbocycles. The van der Waals surface area contributed by atoms with Crippen LogP contribution in [-0.2, 0) is 0 Å². The molecular formula is C63H33N9. The molecule has 3 aromatic heterocycles. The molecule has 9 heteroatoms. The van der Waals surface area contributed by atoms with Gasteiger partial charge in [0.25, 0.3) is 0 Å². The number of fused-ring (bicyclic) bond motifs is 6. The molecule has 0 amide bonds. The van der Waals surface area contributed by atoms with Crippen molar-refractivity contribution in [3.8, 4) is 85.7 Å². The molecule has 0 unspecified atom stereocenters. The van der Waals surface area contributed by atoms with E-state index in [9.17, 15) is 15.8 Å². The molecule has 9 nitrogen and oxygen atoms in total. The van der Waals surface area contributed by atoms with Crippen molar-refractivity contribution in [1.82, 2.24) is 19.1 Å². The Kier molecular flexibility index (Phi) is 10.2. The van der Waals surface area contributed by atoms with Crippen molar-refractivity contribution in [3.05, 3.63) is 240 Å². The molecule has 330 valence electrons. The third-order valence-electron chi connectivity index (χ3n) is 13.3. The van der Waals surface area contributed by atoms with Gasteiger partial charge < -0.3 is 9.13 Å². The molecule has 0 radical (unpaired) electrons. The lowest BCUT2D eigenvalue weighted by molar-refractivity contribution is 1.11. The lowest BCUT2D eigenvalue weighted by Gasteiger charge is -2.18. The Labute approximate surface area is 413 Å². The number of benzene rings is 9. The van der Waals surface area contributed by atoms with Crippen LogP contribution in [-0.4, -0.2) is 19.1 Å². The smallest absolute Gasteiger partial charge is 0.196 e. The molecule has 12 aromatic rings. The maximum Gasteiger partial charge on any atom is 0.196 e. The fraction of sp³-hybridized carbons (Fsp3) is 0. The zero-order chi connectivity index (χ0) is 48.9. The summed E-state index contributed by atoms with van der Waals surface area (Å²) in [4.78, 5) is 17.9. The summed E-state index contributed by atoms with van der Waals surface area (Å²) < 4.78 is 4.27. The minimum atomic E-state index is 0.385. The molecular weight excluding hydrogens is 883 g/mol. The summed E-state index contributed by atoms with van der Waals surface area (Å²) in [5.74, 6) is 0.465. The summed E-state index contributed by atoms with van der Waals surface area (Å²) in [6.45, 7) is 15.5. The molecule has 0 aliphatic carbocycles. The molecule has 0 aliphatic rings. The van der Waals surface area contributed by atoms with Crippen molar-refractivity contribution < 1.29 is 0 Å². The maximum absolute atomic E-state index is 11.7. The Morgan fingerprint density at radius 1 is 0.403 bits per heavy atom. The van der Waals surface area contributed by atoms with Crippen molar-refractivity contribution in [2.24, 2.45) is 0 Å². The number of hydrogen-bond donors (Lipinski definition) is 0. The fourth-order valence-electron chi connectivity index (χ4n) is 9.98. The first-order valence-electron chi connectivity index (χ1n) is 23.0. The highest BCUT2D eigenvalue weighted by molar-refractivity contribution is 6.13. The van der Waals surface area contributed by atoms with E-state index in [-0.39, 0.29) is 0 Å². The minimum absolute atomic E-state index is 0.385. The highest BCUT2D eigenvalue weighted by Gasteiger charge is 2.25. The first-order chi connectivity index (χ1) is 35.5. The van der Waals surface area contributed by atoms with Gasteiger partial charge in [-0.1, -0.05) is 127 Å². The van der Waals surface area contributed by atoms with Crippen LogP contribution >= 0.6 is 0 Å². The highest BCUT2D eigenvalue weighted by Crippen LogP contribution is 2.43. The predicted octanol–water partition coefficient (Wildman–Crippen LogP) is 15.7. The van der Waals surface area contributed by atoms with E-state index in [0.717, 1.165) is 77.3 Å². The normalized spacial score (nSPS) is 11.0. The van der Waals surface area contributed by atoms with Crippen LogP contribution in [0.3, 0.4) is 0 Å². The van der Waals surface area contributed by atoms with Crippen LogP contribution in [0.15, 0.2) is 200 Å². The topological polar surface area (TPSA) is 116 Å². The summed E-state index contributed by atoms with van der Waals surface area (Å²) >= 11 is 0. The fourth-order valence-corrected chi connectivity index (χ4v) is 9.98. The largest absolute Gasteiger partial charge is 0.308 e. The van der Waals surface area contributed by atoms with Gasteiger partial charge in [0.15, 0.2) is 17.2 Å². The van der Waals surface area contributed by atoms with Crippen LogP contribution in [0.4, 0.5) is 11.4 Å². The van der Waals surface area contributed by atoms with Gasteiger partial charge >= 0.3 is 0 Å². The lowest BCUT2D eigenvalue weighted by Crippen LogP contribution is -2.06. The van der Waals surface area contributed by atoms with Crippen molar-refractivity contribution in [2.45, 2.75) is 0 Å². The highest BCUT2D eigenvalue weighted by atomic mass is 15.0. The molecule has 0 spiro atoms. The van der Waals surface area contributed by atoms with Gasteiger partial charge in [0.2, 0.25) is 0 Å². The van der Waals surface area contributed by atoms with E-state index in [4.69, 9.17) is 23.1 Å². The number of aromatic nitrogens is 4. The van der Waals surface area contributed by atoms with Gasteiger partial charge in [-0.2, -0.15) is 15.8 Å². The van der Waals surface area contributed by atoms with Crippen LogP contribution in [0.2, 0.25) is 0 Å². The molecule has 0 aliphatic heterocycles. The summed E-state index contributed by atoms with van der Waals surface area (Å²) in [7, 11) is 0. The third kappa shape index (κ3) is 6.98. The maximum atomic E-state index is 11.7. The van der Waals surface area contributed by atoms with Crippen LogP contribution in [0.25, 0.3) is 121 Å². The second-order valence-electron chi connectivity index (χ2n) is 17.3. The number of nitriles is 3. The van der Waals surface area contributed by atoms with Crippen molar-refractivity contribution >= 4 is 55.0 Å². The molecule has 0 saturated carbocycles. The van der Waals surface area contributed by atoms with Crippen molar-refractivity contribution in [3.63, 3.8) is 0 Å². The van der Waals surface area contributed by atoms with Gasteiger partial charge in [-0.3, -0.25) is 0 Å². The van der Waals surface area contributed by atoms with Crippen LogP contribution in [0, 0.1) is 47.1 Å². The molecule has 0 N–H and O–H groups in total. The second-order valence-corrected chi connectivity index (χ2v) is 17.3. The summed E-state index contributed by atoms with van der Waals surface area (Å²) in [6, 6.07) is 72.0. The average molecular weight is 916 g/mol. The van der Waals surface area contributed by atoms with E-state index in [1.807, 2.05) is 140 Å². The van der Waals surface area contributed by atoms with Gasteiger partial charge in [-0.25, -0.2) is 19.7 Å². The van der Waals surface area contributed by atoms with E-state index >= 15 is 0 Å². The van der Waals surface area contributed by atoms with Crippen molar-refractivity contribution in [2.75, 3.05) is 0 Å². The van der Waals surface area contributed by atoms with Crippen LogP contribution in [0.1, 0.15) is 16.7 Å². The first-order valence-corrected chi connectivity index (χ1v) is 23.0. The van der Waals surface area contributed by atoms with Gasteiger partial charge in [0.1, 0.15) is 11.6 Å². The quantitative estimate of drug-likeness (QED) is 0.148. The second kappa shape index (κ2) is 17.3. The van der Waals surface area contributed by atoms with Gasteiger partial charge in [0.05, 0.1) is 70.1 Å². The van der Waals surface area contributed by atoms with E-state index in [1.54, 1.807) is 24.3 Å². The molecule has 72 heavy (non-hydrogen) atoms. The number of para-hydroxylation sites is 2. The van der Waals surface area contributed by atoms with Gasteiger partial charge in [0, 0.05) is 49.4 Å². The molecule has 0 bridgehead atoms. The zero-order valence-electron chi connectivity index (χ0n) is 38.1. The molecule has 0 atom stereocenters. The molecule has 0 saturated heterocycles. The Morgan fingerprint density at radius 2 is 0.931 bits per heavy atom. The Balaban J connectivity index is 1.17. The first kappa shape index (κ1) is 42.5. The van der Waals surface area contributed by atoms with Crippen molar-refractivity contribution in [1.29, 1.82) is 15.8 Å². The van der Waals surface area contributed by atoms with E-state index in [2.05, 4.69) is 73.4 Å². The Morgan fingerprint density at radius 3 is 1.46 bits per heavy atom.